The Kier molecular flexibility index (Phi) is 5.51. The number of nitrogens with zero attached hydrogens (tertiary/aromatic N) is 7. The molecule has 33 heavy (non-hydrogen) atoms. The monoisotopic (exact) mass is 448 g/mol. The lowest BCUT2D eigenvalue weighted by Gasteiger charge is -2.32. The molecule has 0 atom stereocenters. The zero-order valence-corrected chi connectivity index (χ0v) is 17.6. The number of benzene rings is 2. The van der Waals surface area contributed by atoms with Gasteiger partial charge in [-0.1, -0.05) is 18.2 Å². The van der Waals surface area contributed by atoms with E-state index in [0.29, 0.717) is 36.6 Å². The number of amides is 1. The van der Waals surface area contributed by atoms with Gasteiger partial charge in [-0.15, -0.1) is 5.10 Å². The summed E-state index contributed by atoms with van der Waals surface area (Å²) in [6.07, 6.45) is 3.52. The Balaban J connectivity index is 1.26. The van der Waals surface area contributed by atoms with Crippen LogP contribution in [0.1, 0.15) is 29.0 Å². The Morgan fingerprint density at radius 3 is 2.70 bits per heavy atom. The number of tetrazole rings is 1. The van der Waals surface area contributed by atoms with Crippen molar-refractivity contribution in [3.05, 3.63) is 82.5 Å². The average Bonchev–Trinajstić information content (AvgIpc) is 3.50. The SMILES string of the molecule is O=C(c1cccc(-n2cnnn2)c1)N1CCC(Cc2n[nH]c(=O)n2-c2ccccc2F)CC1. The lowest BCUT2D eigenvalue weighted by atomic mass is 9.92. The smallest absolute Gasteiger partial charge is 0.339 e. The Hall–Kier alpha value is -4.15. The van der Waals surface area contributed by atoms with E-state index in [9.17, 15) is 14.0 Å². The van der Waals surface area contributed by atoms with Gasteiger partial charge in [0.25, 0.3) is 5.91 Å². The average molecular weight is 448 g/mol. The van der Waals surface area contributed by atoms with Crippen LogP contribution in [0, 0.1) is 11.7 Å². The zero-order chi connectivity index (χ0) is 22.8. The van der Waals surface area contributed by atoms with Crippen LogP contribution in [0.5, 0.6) is 0 Å². The molecular weight excluding hydrogens is 427 g/mol. The number of halogens is 1. The predicted molar refractivity (Wildman–Crippen MR) is 116 cm³/mol. The molecule has 0 bridgehead atoms. The molecule has 1 fully saturated rings. The van der Waals surface area contributed by atoms with Gasteiger partial charge in [0.05, 0.1) is 11.4 Å². The van der Waals surface area contributed by atoms with E-state index in [1.165, 1.54) is 21.6 Å². The number of aromatic nitrogens is 7. The van der Waals surface area contributed by atoms with Gasteiger partial charge in [-0.25, -0.2) is 23.5 Å². The lowest BCUT2D eigenvalue weighted by molar-refractivity contribution is 0.0689. The summed E-state index contributed by atoms with van der Waals surface area (Å²) in [5.41, 5.74) is 0.999. The first-order chi connectivity index (χ1) is 16.1. The minimum atomic E-state index is -0.480. The van der Waals surface area contributed by atoms with Crippen molar-refractivity contribution in [2.24, 2.45) is 5.92 Å². The number of piperidine rings is 1. The highest BCUT2D eigenvalue weighted by Gasteiger charge is 2.26. The van der Waals surface area contributed by atoms with Gasteiger partial charge >= 0.3 is 5.69 Å². The number of aromatic amines is 1. The molecule has 10 nitrogen and oxygen atoms in total. The number of carbonyl (C=O) groups excluding carboxylic acids is 1. The fourth-order valence-corrected chi connectivity index (χ4v) is 4.19. The first kappa shape index (κ1) is 20.7. The van der Waals surface area contributed by atoms with E-state index >= 15 is 0 Å². The second-order valence-electron chi connectivity index (χ2n) is 7.98. The van der Waals surface area contributed by atoms with Gasteiger partial charge in [0.15, 0.2) is 0 Å². The summed E-state index contributed by atoms with van der Waals surface area (Å²) in [4.78, 5) is 27.1. The maximum Gasteiger partial charge on any atom is 0.348 e. The Bertz CT molecular complexity index is 1320. The third-order valence-corrected chi connectivity index (χ3v) is 5.91. The van der Waals surface area contributed by atoms with Gasteiger partial charge < -0.3 is 4.90 Å². The van der Waals surface area contributed by atoms with Gasteiger partial charge in [-0.2, -0.15) is 5.10 Å². The van der Waals surface area contributed by atoms with Crippen LogP contribution in [0.2, 0.25) is 0 Å². The minimum Gasteiger partial charge on any atom is -0.339 e. The summed E-state index contributed by atoms with van der Waals surface area (Å²) in [5.74, 6) is 0.185. The Morgan fingerprint density at radius 2 is 1.94 bits per heavy atom. The molecule has 0 aliphatic carbocycles. The fourth-order valence-electron chi connectivity index (χ4n) is 4.19. The van der Waals surface area contributed by atoms with E-state index in [1.807, 2.05) is 11.0 Å². The molecule has 0 radical (unpaired) electrons. The summed E-state index contributed by atoms with van der Waals surface area (Å²) in [5, 5.41) is 17.7. The van der Waals surface area contributed by atoms with Crippen LogP contribution in [-0.4, -0.2) is 58.9 Å². The van der Waals surface area contributed by atoms with Crippen LogP contribution in [0.25, 0.3) is 11.4 Å². The molecule has 0 spiro atoms. The van der Waals surface area contributed by atoms with Gasteiger partial charge in [-0.3, -0.25) is 4.79 Å². The highest BCUT2D eigenvalue weighted by molar-refractivity contribution is 5.94. The molecule has 4 aromatic rings. The number of likely N-dealkylation sites (tertiary alicyclic amines) is 1. The molecule has 1 N–H and O–H groups in total. The topological polar surface area (TPSA) is 115 Å². The normalized spacial score (nSPS) is 14.5. The van der Waals surface area contributed by atoms with Crippen LogP contribution < -0.4 is 5.69 Å². The summed E-state index contributed by atoms with van der Waals surface area (Å²) in [6, 6.07) is 13.3. The van der Waals surface area contributed by atoms with E-state index in [-0.39, 0.29) is 17.5 Å². The molecule has 5 rings (SSSR count). The van der Waals surface area contributed by atoms with Gasteiger partial charge in [-0.05, 0) is 59.5 Å². The molecule has 1 aliphatic rings. The maximum absolute atomic E-state index is 14.3. The van der Waals surface area contributed by atoms with Crippen molar-refractivity contribution >= 4 is 5.91 Å². The first-order valence-electron chi connectivity index (χ1n) is 10.6. The summed E-state index contributed by atoms with van der Waals surface area (Å²) < 4.78 is 17.0. The van der Waals surface area contributed by atoms with Crippen LogP contribution >= 0.6 is 0 Å². The van der Waals surface area contributed by atoms with E-state index in [4.69, 9.17) is 0 Å². The summed E-state index contributed by atoms with van der Waals surface area (Å²) in [7, 11) is 0. The van der Waals surface area contributed by atoms with E-state index in [0.717, 1.165) is 12.8 Å². The van der Waals surface area contributed by atoms with Gasteiger partial charge in [0.2, 0.25) is 0 Å². The van der Waals surface area contributed by atoms with Crippen LogP contribution in [0.15, 0.2) is 59.7 Å². The van der Waals surface area contributed by atoms with Crippen LogP contribution in [-0.2, 0) is 6.42 Å². The number of carbonyl (C=O) groups is 1. The van der Waals surface area contributed by atoms with Crippen LogP contribution in [0.3, 0.4) is 0 Å². The lowest BCUT2D eigenvalue weighted by Crippen LogP contribution is -2.39. The predicted octanol–water partition coefficient (Wildman–Crippen LogP) is 1.77. The van der Waals surface area contributed by atoms with Crippen molar-refractivity contribution in [3.63, 3.8) is 0 Å². The second kappa shape index (κ2) is 8.77. The molecule has 3 heterocycles. The molecule has 1 aliphatic heterocycles. The Labute approximate surface area is 187 Å². The van der Waals surface area contributed by atoms with Crippen molar-refractivity contribution in [2.45, 2.75) is 19.3 Å². The molecule has 11 heteroatoms. The van der Waals surface area contributed by atoms with Crippen LogP contribution in [0.4, 0.5) is 4.39 Å². The van der Waals surface area contributed by atoms with Crippen molar-refractivity contribution < 1.29 is 9.18 Å². The second-order valence-corrected chi connectivity index (χ2v) is 7.98. The van der Waals surface area contributed by atoms with E-state index in [2.05, 4.69) is 25.7 Å². The Morgan fingerprint density at radius 1 is 1.12 bits per heavy atom. The molecular formula is C22H21FN8O2. The molecule has 2 aromatic heterocycles. The zero-order valence-electron chi connectivity index (χ0n) is 17.6. The summed E-state index contributed by atoms with van der Waals surface area (Å²) >= 11 is 0. The third-order valence-electron chi connectivity index (χ3n) is 5.91. The fraction of sp³-hybridized carbons (Fsp3) is 0.273. The maximum atomic E-state index is 14.3. The number of H-pyrrole nitrogens is 1. The standard InChI is InChI=1S/C22H21FN8O2/c23-18-6-1-2-7-19(18)31-20(25-26-22(31)33)12-15-8-10-29(11-9-15)21(32)16-4-3-5-17(13-16)30-14-24-27-28-30/h1-7,13-15H,8-12H2,(H,26,33). The van der Waals surface area contributed by atoms with Crippen molar-refractivity contribution in [1.29, 1.82) is 0 Å². The molecule has 1 amide bonds. The molecule has 0 unspecified atom stereocenters. The van der Waals surface area contributed by atoms with Crippen molar-refractivity contribution in [1.82, 2.24) is 39.9 Å². The third kappa shape index (κ3) is 4.16. The number of hydrogen-bond acceptors (Lipinski definition) is 6. The molecule has 2 aromatic carbocycles. The minimum absolute atomic E-state index is 0.0496. The highest BCUT2D eigenvalue weighted by Crippen LogP contribution is 2.24. The largest absolute Gasteiger partial charge is 0.348 e. The van der Waals surface area contributed by atoms with Gasteiger partial charge in [0, 0.05) is 25.1 Å². The quantitative estimate of drug-likeness (QED) is 0.498. The number of rotatable bonds is 5. The molecule has 1 saturated heterocycles. The first-order valence-corrected chi connectivity index (χ1v) is 10.6. The molecule has 168 valence electrons. The highest BCUT2D eigenvalue weighted by atomic mass is 19.1. The number of para-hydroxylation sites is 1. The van der Waals surface area contributed by atoms with Crippen molar-refractivity contribution in [2.75, 3.05) is 13.1 Å². The van der Waals surface area contributed by atoms with E-state index in [1.54, 1.807) is 36.4 Å². The number of hydrogen-bond donors (Lipinski definition) is 1. The van der Waals surface area contributed by atoms with E-state index < -0.39 is 11.5 Å². The number of nitrogens with one attached hydrogen (secondary N) is 1. The van der Waals surface area contributed by atoms with Gasteiger partial charge in [0.1, 0.15) is 18.0 Å². The van der Waals surface area contributed by atoms with Crippen molar-refractivity contribution in [3.8, 4) is 11.4 Å². The molecule has 0 saturated carbocycles. The summed E-state index contributed by atoms with van der Waals surface area (Å²) in [6.45, 7) is 1.18.